The topological polar surface area (TPSA) is 144 Å². The molecule has 12 N–H and O–H groups in total. The monoisotopic (exact) mass is 891 g/mol. The van der Waals surface area contributed by atoms with E-state index in [1.54, 1.807) is 0 Å². The molecule has 370 valence electrons. The SMILES string of the molecule is CCNCCCCNCCCCNCCCCNCCCCNCCCCNCCCCNCCCCNCCCCNCCCCNCCCCNCCCCNCC.Cl. The summed E-state index contributed by atoms with van der Waals surface area (Å²) in [5, 5.41) is 42.9. The molecule has 13 heteroatoms. The molecule has 0 unspecified atom stereocenters. The van der Waals surface area contributed by atoms with Gasteiger partial charge >= 0.3 is 0 Å². The zero-order valence-electron chi connectivity index (χ0n) is 40.9. The predicted molar refractivity (Wildman–Crippen MR) is 275 cm³/mol. The Morgan fingerprint density at radius 2 is 0.230 bits per heavy atom. The van der Waals surface area contributed by atoms with E-state index in [1.807, 2.05) is 0 Å². The van der Waals surface area contributed by atoms with Crippen molar-refractivity contribution in [2.24, 2.45) is 0 Å². The molecule has 0 aromatic heterocycles. The van der Waals surface area contributed by atoms with Crippen LogP contribution in [0.5, 0.6) is 0 Å². The average Bonchev–Trinajstić information content (AvgIpc) is 3.26. The summed E-state index contributed by atoms with van der Waals surface area (Å²) in [5.74, 6) is 0. The number of rotatable bonds is 57. The largest absolute Gasteiger partial charge is 0.317 e. The molecule has 0 radical (unpaired) electrons. The minimum atomic E-state index is 0. The third-order valence-electron chi connectivity index (χ3n) is 11.0. The van der Waals surface area contributed by atoms with Gasteiger partial charge in [-0.2, -0.15) is 0 Å². The third-order valence-corrected chi connectivity index (χ3v) is 11.0. The Balaban J connectivity index is 0. The minimum absolute atomic E-state index is 0. The normalized spacial score (nSPS) is 11.5. The molecule has 0 heterocycles. The second-order valence-electron chi connectivity index (χ2n) is 17.0. The lowest BCUT2D eigenvalue weighted by Crippen LogP contribution is -2.23. The van der Waals surface area contributed by atoms with E-state index in [9.17, 15) is 0 Å². The molecular formula is C48H111ClN12. The van der Waals surface area contributed by atoms with Crippen LogP contribution in [0.4, 0.5) is 0 Å². The molecule has 0 aliphatic heterocycles. The lowest BCUT2D eigenvalue weighted by Gasteiger charge is -2.08. The molecule has 0 saturated heterocycles. The number of nitrogens with one attached hydrogen (secondary N) is 12. The molecular weight excluding hydrogens is 780 g/mol. The molecule has 12 nitrogen and oxygen atoms in total. The van der Waals surface area contributed by atoms with E-state index >= 15 is 0 Å². The maximum atomic E-state index is 3.64. The Morgan fingerprint density at radius 3 is 0.311 bits per heavy atom. The summed E-state index contributed by atoms with van der Waals surface area (Å²) >= 11 is 0. The highest BCUT2D eigenvalue weighted by atomic mass is 35.5. The van der Waals surface area contributed by atoms with E-state index in [2.05, 4.69) is 77.6 Å². The van der Waals surface area contributed by atoms with E-state index in [-0.39, 0.29) is 12.4 Å². The number of hydrogen-bond donors (Lipinski definition) is 12. The summed E-state index contributed by atoms with van der Waals surface area (Å²) in [6, 6.07) is 0. The van der Waals surface area contributed by atoms with E-state index < -0.39 is 0 Å². The maximum absolute atomic E-state index is 3.64. The first-order valence-electron chi connectivity index (χ1n) is 26.4. The Morgan fingerprint density at radius 1 is 0.148 bits per heavy atom. The van der Waals surface area contributed by atoms with Crippen LogP contribution in [0.1, 0.15) is 155 Å². The summed E-state index contributed by atoms with van der Waals surface area (Å²) < 4.78 is 0. The van der Waals surface area contributed by atoms with Crippen LogP contribution in [0.25, 0.3) is 0 Å². The van der Waals surface area contributed by atoms with Gasteiger partial charge in [-0.05, 0) is 298 Å². The Labute approximate surface area is 387 Å². The first-order valence-corrected chi connectivity index (χ1v) is 26.4. The average molecular weight is 892 g/mol. The maximum Gasteiger partial charge on any atom is -0.00484 e. The fourth-order valence-electron chi connectivity index (χ4n) is 7.10. The van der Waals surface area contributed by atoms with Crippen molar-refractivity contribution >= 4 is 12.4 Å². The molecule has 0 fully saturated rings. The van der Waals surface area contributed by atoms with Crippen molar-refractivity contribution in [3.05, 3.63) is 0 Å². The highest BCUT2D eigenvalue weighted by Gasteiger charge is 1.97. The van der Waals surface area contributed by atoms with Crippen LogP contribution in [-0.4, -0.2) is 157 Å². The van der Waals surface area contributed by atoms with Crippen molar-refractivity contribution < 1.29 is 0 Å². The molecule has 0 aliphatic carbocycles. The smallest absolute Gasteiger partial charge is 0.00484 e. The third kappa shape index (κ3) is 61.9. The van der Waals surface area contributed by atoms with Gasteiger partial charge in [0.15, 0.2) is 0 Å². The lowest BCUT2D eigenvalue weighted by molar-refractivity contribution is 0.526. The lowest BCUT2D eigenvalue weighted by atomic mass is 10.2. The van der Waals surface area contributed by atoms with Crippen LogP contribution in [0.3, 0.4) is 0 Å². The standard InChI is InChI=1S/C48H110N12.ClH/c1-3-49-27-5-7-29-51-31-9-11-33-53-35-13-15-37-55-39-17-19-41-57-43-21-23-45-59-47-25-26-48-60-46-24-22-44-58-42-20-18-40-56-38-16-14-36-54-34-12-10-32-52-30-8-6-28-50-4-2;/h49-60H,3-48H2,1-2H3;1H. The van der Waals surface area contributed by atoms with E-state index in [0.29, 0.717) is 0 Å². The molecule has 61 heavy (non-hydrogen) atoms. The summed E-state index contributed by atoms with van der Waals surface area (Å²) in [6.07, 6.45) is 28.1. The van der Waals surface area contributed by atoms with Gasteiger partial charge in [0.2, 0.25) is 0 Å². The van der Waals surface area contributed by atoms with Gasteiger partial charge < -0.3 is 63.8 Å². The minimum Gasteiger partial charge on any atom is -0.317 e. The van der Waals surface area contributed by atoms with Crippen LogP contribution in [-0.2, 0) is 0 Å². The van der Waals surface area contributed by atoms with Gasteiger partial charge in [0.25, 0.3) is 0 Å². The van der Waals surface area contributed by atoms with Gasteiger partial charge in [0.1, 0.15) is 0 Å². The molecule has 0 aromatic rings. The zero-order valence-corrected chi connectivity index (χ0v) is 41.8. The molecule has 0 spiro atoms. The molecule has 0 rings (SSSR count). The second-order valence-corrected chi connectivity index (χ2v) is 17.0. The number of hydrogen-bond acceptors (Lipinski definition) is 12. The van der Waals surface area contributed by atoms with Crippen LogP contribution < -0.4 is 63.8 Å². The van der Waals surface area contributed by atoms with Crippen LogP contribution in [0.15, 0.2) is 0 Å². The van der Waals surface area contributed by atoms with Gasteiger partial charge in [-0.15, -0.1) is 12.4 Å². The number of halogens is 1. The van der Waals surface area contributed by atoms with Crippen molar-refractivity contribution in [1.82, 2.24) is 63.8 Å². The van der Waals surface area contributed by atoms with Gasteiger partial charge in [-0.25, -0.2) is 0 Å². The molecule has 0 amide bonds. The summed E-state index contributed by atoms with van der Waals surface area (Å²) in [6.45, 7) is 32.0. The van der Waals surface area contributed by atoms with Gasteiger partial charge in [-0.1, -0.05) is 13.8 Å². The van der Waals surface area contributed by atoms with E-state index in [1.165, 1.54) is 141 Å². The molecule has 0 aliphatic rings. The molecule has 0 bridgehead atoms. The highest BCUT2D eigenvalue weighted by Crippen LogP contribution is 1.94. The van der Waals surface area contributed by atoms with Crippen LogP contribution >= 0.6 is 12.4 Å². The fourth-order valence-corrected chi connectivity index (χ4v) is 7.10. The van der Waals surface area contributed by atoms with Crippen LogP contribution in [0.2, 0.25) is 0 Å². The Kier molecular flexibility index (Phi) is 63.8. The van der Waals surface area contributed by atoms with Crippen molar-refractivity contribution in [3.63, 3.8) is 0 Å². The quantitative estimate of drug-likeness (QED) is 0.0370. The van der Waals surface area contributed by atoms with Gasteiger partial charge in [0.05, 0.1) is 0 Å². The first kappa shape index (κ1) is 62.9. The van der Waals surface area contributed by atoms with E-state index in [4.69, 9.17) is 0 Å². The molecule has 0 saturated carbocycles. The second kappa shape index (κ2) is 61.9. The summed E-state index contributed by atoms with van der Waals surface area (Å²) in [5.41, 5.74) is 0. The Hall–Kier alpha value is -0.190. The van der Waals surface area contributed by atoms with Gasteiger partial charge in [0, 0.05) is 0 Å². The Bertz CT molecular complexity index is 672. The zero-order chi connectivity index (χ0) is 43.0. The highest BCUT2D eigenvalue weighted by molar-refractivity contribution is 5.85. The summed E-state index contributed by atoms with van der Waals surface area (Å²) in [4.78, 5) is 0. The fraction of sp³-hybridized carbons (Fsp3) is 1.00. The van der Waals surface area contributed by atoms with E-state index in [0.717, 1.165) is 157 Å². The van der Waals surface area contributed by atoms with Crippen molar-refractivity contribution in [1.29, 1.82) is 0 Å². The molecule has 0 atom stereocenters. The van der Waals surface area contributed by atoms with Crippen molar-refractivity contribution in [2.75, 3.05) is 157 Å². The van der Waals surface area contributed by atoms with Crippen molar-refractivity contribution in [2.45, 2.75) is 155 Å². The number of unbranched alkanes of at least 4 members (excludes halogenated alkanes) is 11. The van der Waals surface area contributed by atoms with Crippen molar-refractivity contribution in [3.8, 4) is 0 Å². The summed E-state index contributed by atoms with van der Waals surface area (Å²) in [7, 11) is 0. The molecule has 0 aromatic carbocycles. The predicted octanol–water partition coefficient (Wildman–Crippen LogP) is 5.11. The first-order chi connectivity index (χ1) is 29.9. The van der Waals surface area contributed by atoms with Gasteiger partial charge in [-0.3, -0.25) is 0 Å². The van der Waals surface area contributed by atoms with Crippen LogP contribution in [0, 0.1) is 0 Å².